The first kappa shape index (κ1) is 23.6. The van der Waals surface area contributed by atoms with Crippen molar-refractivity contribution in [2.24, 2.45) is 0 Å². The fourth-order valence-electron chi connectivity index (χ4n) is 3.21. The highest BCUT2D eigenvalue weighted by Gasteiger charge is 2.32. The molecule has 1 aromatic carbocycles. The minimum absolute atomic E-state index is 0.0512. The van der Waals surface area contributed by atoms with Crippen LogP contribution in [-0.4, -0.2) is 38.0 Å². The highest BCUT2D eigenvalue weighted by molar-refractivity contribution is 7.89. The predicted octanol–water partition coefficient (Wildman–Crippen LogP) is 2.67. The van der Waals surface area contributed by atoms with E-state index in [4.69, 9.17) is 4.74 Å². The Labute approximate surface area is 175 Å². The molecule has 0 aliphatic carbocycles. The Balaban J connectivity index is 2.27. The Hall–Kier alpha value is -2.72. The lowest BCUT2D eigenvalue weighted by atomic mass is 10.2. The molecule has 1 heterocycles. The Bertz CT molecular complexity index is 1080. The molecule has 0 aliphatic rings. The number of aryl methyl sites for hydroxylation is 1. The van der Waals surface area contributed by atoms with Crippen LogP contribution in [0.25, 0.3) is 0 Å². The van der Waals surface area contributed by atoms with Crippen LogP contribution in [0.1, 0.15) is 41.2 Å². The van der Waals surface area contributed by atoms with Crippen LogP contribution in [0.2, 0.25) is 0 Å². The first-order valence-electron chi connectivity index (χ1n) is 9.45. The number of halogens is 1. The smallest absolute Gasteiger partial charge is 0.341 e. The zero-order valence-corrected chi connectivity index (χ0v) is 18.4. The van der Waals surface area contributed by atoms with E-state index in [0.717, 1.165) is 6.07 Å². The summed E-state index contributed by atoms with van der Waals surface area (Å²) in [5, 5.41) is 2.43. The molecule has 8 nitrogen and oxygen atoms in total. The summed E-state index contributed by atoms with van der Waals surface area (Å²) in [6, 6.07) is 4.16. The summed E-state index contributed by atoms with van der Waals surface area (Å²) in [6.45, 7) is 8.23. The number of ether oxygens (including phenoxy) is 1. The van der Waals surface area contributed by atoms with Crippen LogP contribution in [-0.2, 0) is 26.1 Å². The van der Waals surface area contributed by atoms with Crippen molar-refractivity contribution in [2.45, 2.75) is 46.1 Å². The van der Waals surface area contributed by atoms with Gasteiger partial charge in [-0.3, -0.25) is 4.79 Å². The van der Waals surface area contributed by atoms with Crippen molar-refractivity contribution in [1.82, 2.24) is 9.29 Å². The lowest BCUT2D eigenvalue weighted by molar-refractivity contribution is -0.115. The molecule has 0 fully saturated rings. The molecule has 1 amide bonds. The van der Waals surface area contributed by atoms with Gasteiger partial charge in [0.1, 0.15) is 16.3 Å². The topological polar surface area (TPSA) is 106 Å². The van der Waals surface area contributed by atoms with Gasteiger partial charge in [-0.15, -0.1) is 0 Å². The fraction of sp³-hybridized carbons (Fsp3) is 0.400. The molecule has 0 radical (unpaired) electrons. The van der Waals surface area contributed by atoms with Gasteiger partial charge in [0, 0.05) is 23.6 Å². The molecular formula is C20H26FN3O5S. The van der Waals surface area contributed by atoms with Gasteiger partial charge in [-0.05, 0) is 52.3 Å². The van der Waals surface area contributed by atoms with E-state index in [-0.39, 0.29) is 22.8 Å². The summed E-state index contributed by atoms with van der Waals surface area (Å²) in [5.41, 5.74) is 1.41. The molecule has 0 saturated carbocycles. The Morgan fingerprint density at radius 2 is 1.80 bits per heavy atom. The molecular weight excluding hydrogens is 413 g/mol. The van der Waals surface area contributed by atoms with Crippen LogP contribution in [0.3, 0.4) is 0 Å². The van der Waals surface area contributed by atoms with E-state index in [2.05, 4.69) is 10.0 Å². The molecule has 0 bridgehead atoms. The first-order chi connectivity index (χ1) is 14.0. The van der Waals surface area contributed by atoms with E-state index < -0.39 is 34.3 Å². The maximum absolute atomic E-state index is 13.6. The standard InChI is InChI=1S/C20H26FN3O5S/c1-6-24-13(4)18(20(26)29-7-2)19(14(24)5)30(27,28)22-11-17(25)23-15-9-8-12(3)16(21)10-15/h8-10,22H,6-7,11H2,1-5H3,(H,23,25). The molecule has 0 spiro atoms. The third kappa shape index (κ3) is 4.88. The van der Waals surface area contributed by atoms with E-state index in [0.29, 0.717) is 23.5 Å². The molecule has 2 aromatic rings. The molecule has 0 unspecified atom stereocenters. The number of aromatic nitrogens is 1. The second-order valence-corrected chi connectivity index (χ2v) is 8.38. The largest absolute Gasteiger partial charge is 0.462 e. The lowest BCUT2D eigenvalue weighted by Crippen LogP contribution is -2.34. The normalized spacial score (nSPS) is 11.4. The minimum Gasteiger partial charge on any atom is -0.462 e. The van der Waals surface area contributed by atoms with Crippen LogP contribution in [0.4, 0.5) is 10.1 Å². The summed E-state index contributed by atoms with van der Waals surface area (Å²) < 4.78 is 48.4. The van der Waals surface area contributed by atoms with Gasteiger partial charge in [-0.25, -0.2) is 22.3 Å². The summed E-state index contributed by atoms with van der Waals surface area (Å²) in [6.07, 6.45) is 0. The highest BCUT2D eigenvalue weighted by atomic mass is 32.2. The third-order valence-electron chi connectivity index (χ3n) is 4.67. The van der Waals surface area contributed by atoms with E-state index in [1.165, 1.54) is 12.1 Å². The van der Waals surface area contributed by atoms with Crippen molar-refractivity contribution in [3.63, 3.8) is 0 Å². The van der Waals surface area contributed by atoms with E-state index in [1.807, 2.05) is 6.92 Å². The molecule has 2 rings (SSSR count). The maximum atomic E-state index is 13.6. The van der Waals surface area contributed by atoms with Gasteiger partial charge >= 0.3 is 5.97 Å². The molecule has 2 N–H and O–H groups in total. The van der Waals surface area contributed by atoms with Gasteiger partial charge < -0.3 is 14.6 Å². The SMILES string of the molecule is CCOC(=O)c1c(S(=O)(=O)NCC(=O)Nc2ccc(C)c(F)c2)c(C)n(CC)c1C. The van der Waals surface area contributed by atoms with Crippen molar-refractivity contribution in [1.29, 1.82) is 0 Å². The van der Waals surface area contributed by atoms with Crippen molar-refractivity contribution in [3.8, 4) is 0 Å². The number of sulfonamides is 1. The Morgan fingerprint density at radius 3 is 2.37 bits per heavy atom. The highest BCUT2D eigenvalue weighted by Crippen LogP contribution is 2.27. The van der Waals surface area contributed by atoms with Gasteiger partial charge in [0.25, 0.3) is 0 Å². The number of carbonyl (C=O) groups excluding carboxylic acids is 2. The summed E-state index contributed by atoms with van der Waals surface area (Å²) in [4.78, 5) is 24.4. The zero-order chi connectivity index (χ0) is 22.6. The second-order valence-electron chi connectivity index (χ2n) is 6.68. The number of hydrogen-bond acceptors (Lipinski definition) is 5. The number of anilines is 1. The average molecular weight is 440 g/mol. The number of benzene rings is 1. The number of hydrogen-bond donors (Lipinski definition) is 2. The van der Waals surface area contributed by atoms with Gasteiger partial charge in [0.15, 0.2) is 0 Å². The molecule has 0 saturated heterocycles. The monoisotopic (exact) mass is 439 g/mol. The van der Waals surface area contributed by atoms with E-state index in [1.54, 1.807) is 32.3 Å². The minimum atomic E-state index is -4.21. The molecule has 1 aromatic heterocycles. The fourth-order valence-corrected chi connectivity index (χ4v) is 4.67. The second kappa shape index (κ2) is 9.40. The van der Waals surface area contributed by atoms with Crippen LogP contribution in [0, 0.1) is 26.6 Å². The Kier molecular flexibility index (Phi) is 7.38. The quantitative estimate of drug-likeness (QED) is 0.615. The van der Waals surface area contributed by atoms with Crippen LogP contribution in [0.5, 0.6) is 0 Å². The van der Waals surface area contributed by atoms with Crippen molar-refractivity contribution < 1.29 is 27.1 Å². The van der Waals surface area contributed by atoms with Gasteiger partial charge in [-0.2, -0.15) is 0 Å². The molecule has 0 aliphatic heterocycles. The lowest BCUT2D eigenvalue weighted by Gasteiger charge is -2.10. The van der Waals surface area contributed by atoms with Crippen LogP contribution < -0.4 is 10.0 Å². The average Bonchev–Trinajstić information content (AvgIpc) is 2.94. The maximum Gasteiger partial charge on any atom is 0.341 e. The van der Waals surface area contributed by atoms with Gasteiger partial charge in [0.05, 0.1) is 13.2 Å². The Morgan fingerprint density at radius 1 is 1.13 bits per heavy atom. The predicted molar refractivity (Wildman–Crippen MR) is 110 cm³/mol. The first-order valence-corrected chi connectivity index (χ1v) is 10.9. The molecule has 164 valence electrons. The van der Waals surface area contributed by atoms with E-state index in [9.17, 15) is 22.4 Å². The number of esters is 1. The third-order valence-corrected chi connectivity index (χ3v) is 6.23. The zero-order valence-electron chi connectivity index (χ0n) is 17.6. The summed E-state index contributed by atoms with van der Waals surface area (Å²) >= 11 is 0. The number of nitrogens with one attached hydrogen (secondary N) is 2. The van der Waals surface area contributed by atoms with Gasteiger partial charge in [-0.1, -0.05) is 6.07 Å². The molecule has 10 heteroatoms. The van der Waals surface area contributed by atoms with Crippen molar-refractivity contribution >= 4 is 27.6 Å². The number of carbonyl (C=O) groups is 2. The van der Waals surface area contributed by atoms with Crippen molar-refractivity contribution in [3.05, 3.63) is 46.5 Å². The number of amides is 1. The number of rotatable bonds is 8. The van der Waals surface area contributed by atoms with Crippen molar-refractivity contribution in [2.75, 3.05) is 18.5 Å². The van der Waals surface area contributed by atoms with Crippen LogP contribution in [0.15, 0.2) is 23.1 Å². The van der Waals surface area contributed by atoms with Crippen LogP contribution >= 0.6 is 0 Å². The number of nitrogens with zero attached hydrogens (tertiary/aromatic N) is 1. The summed E-state index contributed by atoms with van der Waals surface area (Å²) in [7, 11) is -4.21. The van der Waals surface area contributed by atoms with E-state index >= 15 is 0 Å². The molecule has 0 atom stereocenters. The van der Waals surface area contributed by atoms with Gasteiger partial charge in [0.2, 0.25) is 15.9 Å². The molecule has 30 heavy (non-hydrogen) atoms. The summed E-state index contributed by atoms with van der Waals surface area (Å²) in [5.74, 6) is -1.91.